The van der Waals surface area contributed by atoms with Crippen LogP contribution in [0.5, 0.6) is 0 Å². The highest BCUT2D eigenvalue weighted by Crippen LogP contribution is 2.39. The van der Waals surface area contributed by atoms with E-state index in [-0.39, 0.29) is 5.75 Å². The second kappa shape index (κ2) is 5.92. The molecular weight excluding hydrogens is 278 g/mol. The molecule has 0 bridgehead atoms. The summed E-state index contributed by atoms with van der Waals surface area (Å²) in [6.45, 7) is 2.23. The number of sulfonamides is 1. The van der Waals surface area contributed by atoms with Crippen LogP contribution < -0.4 is 15.4 Å². The Morgan fingerprint density at radius 1 is 1.20 bits per heavy atom. The van der Waals surface area contributed by atoms with E-state index >= 15 is 0 Å². The van der Waals surface area contributed by atoms with Gasteiger partial charge >= 0.3 is 0 Å². The van der Waals surface area contributed by atoms with E-state index in [2.05, 4.69) is 25.3 Å². The molecule has 112 valence electrons. The number of hydrogen-bond donors (Lipinski definition) is 3. The van der Waals surface area contributed by atoms with Gasteiger partial charge in [-0.15, -0.1) is 0 Å². The van der Waals surface area contributed by atoms with E-state index in [4.69, 9.17) is 0 Å². The molecule has 7 nitrogen and oxygen atoms in total. The Labute approximate surface area is 119 Å². The minimum Gasteiger partial charge on any atom is -0.373 e. The first-order valence-electron chi connectivity index (χ1n) is 6.68. The van der Waals surface area contributed by atoms with Gasteiger partial charge in [0.2, 0.25) is 10.0 Å². The van der Waals surface area contributed by atoms with Crippen LogP contribution in [0.1, 0.15) is 30.1 Å². The van der Waals surface area contributed by atoms with Crippen LogP contribution in [0.2, 0.25) is 0 Å². The molecule has 1 aromatic rings. The van der Waals surface area contributed by atoms with Crippen molar-refractivity contribution in [1.82, 2.24) is 14.7 Å². The van der Waals surface area contributed by atoms with Gasteiger partial charge in [-0.05, 0) is 26.8 Å². The zero-order valence-electron chi connectivity index (χ0n) is 12.0. The van der Waals surface area contributed by atoms with E-state index in [1.165, 1.54) is 7.05 Å². The lowest BCUT2D eigenvalue weighted by Gasteiger charge is -2.13. The first-order valence-corrected chi connectivity index (χ1v) is 8.33. The number of nitrogens with one attached hydrogen (secondary N) is 3. The number of aromatic nitrogens is 2. The Hall–Kier alpha value is -1.41. The summed E-state index contributed by atoms with van der Waals surface area (Å²) in [6, 6.07) is 0. The summed E-state index contributed by atoms with van der Waals surface area (Å²) in [5.41, 5.74) is 0.902. The van der Waals surface area contributed by atoms with Crippen molar-refractivity contribution in [2.45, 2.75) is 25.7 Å². The average molecular weight is 299 g/mol. The summed E-state index contributed by atoms with van der Waals surface area (Å²) in [6.07, 6.45) is 2.25. The van der Waals surface area contributed by atoms with Crippen LogP contribution in [0, 0.1) is 6.92 Å². The molecule has 0 aromatic carbocycles. The molecule has 1 saturated carbocycles. The molecule has 0 spiro atoms. The van der Waals surface area contributed by atoms with Gasteiger partial charge in [-0.25, -0.2) is 23.1 Å². The van der Waals surface area contributed by atoms with Crippen molar-refractivity contribution in [3.63, 3.8) is 0 Å². The zero-order valence-corrected chi connectivity index (χ0v) is 12.8. The van der Waals surface area contributed by atoms with Gasteiger partial charge in [-0.3, -0.25) is 0 Å². The van der Waals surface area contributed by atoms with Crippen molar-refractivity contribution in [2.75, 3.05) is 37.0 Å². The van der Waals surface area contributed by atoms with Gasteiger partial charge in [0, 0.05) is 25.1 Å². The Balaban J connectivity index is 2.11. The van der Waals surface area contributed by atoms with Crippen molar-refractivity contribution in [3.05, 3.63) is 11.4 Å². The summed E-state index contributed by atoms with van der Waals surface area (Å²) < 4.78 is 25.1. The summed E-state index contributed by atoms with van der Waals surface area (Å²) in [5, 5.41) is 6.15. The van der Waals surface area contributed by atoms with Gasteiger partial charge in [0.1, 0.15) is 17.5 Å². The molecule has 0 amide bonds. The van der Waals surface area contributed by atoms with E-state index in [9.17, 15) is 8.42 Å². The number of hydrogen-bond acceptors (Lipinski definition) is 6. The Morgan fingerprint density at radius 3 is 2.40 bits per heavy atom. The molecule has 20 heavy (non-hydrogen) atoms. The van der Waals surface area contributed by atoms with Crippen LogP contribution in [-0.2, 0) is 10.0 Å². The molecule has 1 fully saturated rings. The van der Waals surface area contributed by atoms with Crippen molar-refractivity contribution in [1.29, 1.82) is 0 Å². The molecule has 0 radical (unpaired) electrons. The zero-order chi connectivity index (χ0) is 14.8. The SMILES string of the molecule is CNc1nc(C2CC2)nc(NCCS(=O)(=O)NC)c1C. The fourth-order valence-corrected chi connectivity index (χ4v) is 2.45. The van der Waals surface area contributed by atoms with Crippen molar-refractivity contribution >= 4 is 21.7 Å². The average Bonchev–Trinajstić information content (AvgIpc) is 3.25. The maximum atomic E-state index is 11.4. The Bertz CT molecular complexity index is 584. The predicted octanol–water partition coefficient (Wildman–Crippen LogP) is 0.665. The molecular formula is C12H21N5O2S. The number of anilines is 2. The summed E-state index contributed by atoms with van der Waals surface area (Å²) >= 11 is 0. The van der Waals surface area contributed by atoms with Crippen LogP contribution in [0.15, 0.2) is 0 Å². The fraction of sp³-hybridized carbons (Fsp3) is 0.667. The minimum atomic E-state index is -3.20. The largest absolute Gasteiger partial charge is 0.373 e. The van der Waals surface area contributed by atoms with Gasteiger partial charge in [0.25, 0.3) is 0 Å². The molecule has 0 aliphatic heterocycles. The standard InChI is InChI=1S/C12H21N5O2S/c1-8-10(13-2)16-12(9-4-5-9)17-11(8)15-6-7-20(18,19)14-3/h9,14H,4-7H2,1-3H3,(H2,13,15,16,17). The van der Waals surface area contributed by atoms with E-state index < -0.39 is 10.0 Å². The Kier molecular flexibility index (Phi) is 4.44. The monoisotopic (exact) mass is 299 g/mol. The molecule has 1 aliphatic carbocycles. The smallest absolute Gasteiger partial charge is 0.213 e. The molecule has 2 rings (SSSR count). The lowest BCUT2D eigenvalue weighted by atomic mass is 10.2. The molecule has 0 atom stereocenters. The van der Waals surface area contributed by atoms with Crippen LogP contribution in [-0.4, -0.2) is 44.8 Å². The molecule has 3 N–H and O–H groups in total. The van der Waals surface area contributed by atoms with Gasteiger partial charge in [0.15, 0.2) is 0 Å². The second-order valence-corrected chi connectivity index (χ2v) is 6.92. The first-order chi connectivity index (χ1) is 9.46. The van der Waals surface area contributed by atoms with Gasteiger partial charge < -0.3 is 10.6 Å². The molecule has 0 unspecified atom stereocenters. The van der Waals surface area contributed by atoms with Crippen LogP contribution in [0.3, 0.4) is 0 Å². The quantitative estimate of drug-likeness (QED) is 0.684. The highest BCUT2D eigenvalue weighted by atomic mass is 32.2. The van der Waals surface area contributed by atoms with E-state index in [0.717, 1.165) is 30.0 Å². The van der Waals surface area contributed by atoms with Gasteiger partial charge in [-0.2, -0.15) is 0 Å². The van der Waals surface area contributed by atoms with E-state index in [1.54, 1.807) is 0 Å². The van der Waals surface area contributed by atoms with Crippen molar-refractivity contribution in [3.8, 4) is 0 Å². The molecule has 1 heterocycles. The topological polar surface area (TPSA) is 96.0 Å². The fourth-order valence-electron chi connectivity index (χ4n) is 1.88. The molecule has 1 aliphatic rings. The maximum Gasteiger partial charge on any atom is 0.213 e. The van der Waals surface area contributed by atoms with Crippen LogP contribution in [0.25, 0.3) is 0 Å². The third kappa shape index (κ3) is 3.57. The third-order valence-corrected chi connectivity index (χ3v) is 4.68. The normalized spacial score (nSPS) is 15.2. The van der Waals surface area contributed by atoms with E-state index in [0.29, 0.717) is 18.3 Å². The first kappa shape index (κ1) is 15.0. The number of nitrogens with zero attached hydrogens (tertiary/aromatic N) is 2. The van der Waals surface area contributed by atoms with E-state index in [1.807, 2.05) is 14.0 Å². The lowest BCUT2D eigenvalue weighted by molar-refractivity contribution is 0.588. The molecule has 8 heteroatoms. The Morgan fingerprint density at radius 2 is 1.85 bits per heavy atom. The van der Waals surface area contributed by atoms with Crippen molar-refractivity contribution in [2.24, 2.45) is 0 Å². The predicted molar refractivity (Wildman–Crippen MR) is 79.6 cm³/mol. The third-order valence-electron chi connectivity index (χ3n) is 3.32. The van der Waals surface area contributed by atoms with Crippen LogP contribution >= 0.6 is 0 Å². The number of rotatable bonds is 7. The minimum absolute atomic E-state index is 0.0145. The summed E-state index contributed by atoms with van der Waals surface area (Å²) in [7, 11) is 0.0292. The second-order valence-electron chi connectivity index (χ2n) is 4.88. The lowest BCUT2D eigenvalue weighted by Crippen LogP contribution is -2.26. The highest BCUT2D eigenvalue weighted by molar-refractivity contribution is 7.89. The van der Waals surface area contributed by atoms with Crippen LogP contribution in [0.4, 0.5) is 11.6 Å². The molecule has 1 aromatic heterocycles. The van der Waals surface area contributed by atoms with Crippen molar-refractivity contribution < 1.29 is 8.42 Å². The maximum absolute atomic E-state index is 11.4. The van der Waals surface area contributed by atoms with Gasteiger partial charge in [-0.1, -0.05) is 0 Å². The summed E-state index contributed by atoms with van der Waals surface area (Å²) in [4.78, 5) is 9.00. The highest BCUT2D eigenvalue weighted by Gasteiger charge is 2.28. The summed E-state index contributed by atoms with van der Waals surface area (Å²) in [5.74, 6) is 2.79. The van der Waals surface area contributed by atoms with Gasteiger partial charge in [0.05, 0.1) is 5.75 Å². The molecule has 0 saturated heterocycles.